The van der Waals surface area contributed by atoms with E-state index in [1.54, 1.807) is 0 Å². The summed E-state index contributed by atoms with van der Waals surface area (Å²) in [6, 6.07) is 17.7. The first-order chi connectivity index (χ1) is 10.2. The first-order valence-electron chi connectivity index (χ1n) is 6.69. The van der Waals surface area contributed by atoms with E-state index in [0.29, 0.717) is 22.3 Å². The molecular formula is C17H16O2S2. The van der Waals surface area contributed by atoms with Crippen LogP contribution in [0.25, 0.3) is 11.1 Å². The molecule has 0 unspecified atom stereocenters. The SMILES string of the molecule is CCOC(=S)SCC(=O)c1ccc(-c2ccccc2)cc1. The molecule has 0 aliphatic rings. The van der Waals surface area contributed by atoms with Gasteiger partial charge in [-0.15, -0.1) is 0 Å². The fourth-order valence-corrected chi connectivity index (χ4v) is 2.76. The summed E-state index contributed by atoms with van der Waals surface area (Å²) in [4.78, 5) is 12.1. The van der Waals surface area contributed by atoms with Crippen LogP contribution in [0.3, 0.4) is 0 Å². The topological polar surface area (TPSA) is 26.3 Å². The summed E-state index contributed by atoms with van der Waals surface area (Å²) in [6.45, 7) is 2.41. The molecule has 0 atom stereocenters. The second-order valence-electron chi connectivity index (χ2n) is 4.34. The molecule has 4 heteroatoms. The molecule has 2 rings (SSSR count). The molecule has 0 fully saturated rings. The van der Waals surface area contributed by atoms with E-state index in [9.17, 15) is 4.79 Å². The Balaban J connectivity index is 1.99. The average molecular weight is 316 g/mol. The summed E-state index contributed by atoms with van der Waals surface area (Å²) in [6.07, 6.45) is 0. The number of rotatable bonds is 5. The number of ether oxygens (including phenoxy) is 1. The van der Waals surface area contributed by atoms with Crippen LogP contribution in [0.15, 0.2) is 54.6 Å². The third-order valence-corrected chi connectivity index (χ3v) is 4.13. The van der Waals surface area contributed by atoms with Crippen LogP contribution >= 0.6 is 24.0 Å². The largest absolute Gasteiger partial charge is 0.479 e. The summed E-state index contributed by atoms with van der Waals surface area (Å²) in [5, 5.41) is 0. The molecule has 0 bridgehead atoms. The third-order valence-electron chi connectivity index (χ3n) is 2.90. The molecule has 0 saturated heterocycles. The maximum Gasteiger partial charge on any atom is 0.220 e. The van der Waals surface area contributed by atoms with Gasteiger partial charge < -0.3 is 4.74 Å². The molecule has 21 heavy (non-hydrogen) atoms. The van der Waals surface area contributed by atoms with Crippen molar-refractivity contribution in [3.05, 3.63) is 60.2 Å². The van der Waals surface area contributed by atoms with Crippen LogP contribution in [0.5, 0.6) is 0 Å². The number of hydrogen-bond acceptors (Lipinski definition) is 4. The van der Waals surface area contributed by atoms with E-state index >= 15 is 0 Å². The van der Waals surface area contributed by atoms with E-state index in [0.717, 1.165) is 11.1 Å². The van der Waals surface area contributed by atoms with Crippen molar-refractivity contribution >= 4 is 34.1 Å². The molecule has 2 aromatic carbocycles. The lowest BCUT2D eigenvalue weighted by atomic mass is 10.0. The summed E-state index contributed by atoms with van der Waals surface area (Å²) in [7, 11) is 0. The molecule has 2 nitrogen and oxygen atoms in total. The Hall–Kier alpha value is -1.65. The lowest BCUT2D eigenvalue weighted by molar-refractivity contribution is 0.102. The van der Waals surface area contributed by atoms with Crippen LogP contribution in [0, 0.1) is 0 Å². The van der Waals surface area contributed by atoms with Gasteiger partial charge in [0.1, 0.15) is 0 Å². The van der Waals surface area contributed by atoms with Crippen LogP contribution in [-0.4, -0.2) is 22.5 Å². The van der Waals surface area contributed by atoms with Gasteiger partial charge in [0.15, 0.2) is 5.78 Å². The predicted molar refractivity (Wildman–Crippen MR) is 92.9 cm³/mol. The van der Waals surface area contributed by atoms with E-state index in [2.05, 4.69) is 0 Å². The maximum absolute atomic E-state index is 12.1. The Morgan fingerprint density at radius 2 is 1.67 bits per heavy atom. The highest BCUT2D eigenvalue weighted by atomic mass is 32.2. The molecule has 0 aliphatic heterocycles. The Morgan fingerprint density at radius 3 is 2.29 bits per heavy atom. The second-order valence-corrected chi connectivity index (χ2v) is 5.92. The van der Waals surface area contributed by atoms with Gasteiger partial charge in [0, 0.05) is 5.56 Å². The van der Waals surface area contributed by atoms with Gasteiger partial charge in [-0.2, -0.15) is 0 Å². The molecule has 0 aromatic heterocycles. The van der Waals surface area contributed by atoms with Gasteiger partial charge in [0.25, 0.3) is 0 Å². The number of thiocarbonyl (C=S) groups is 1. The Bertz CT molecular complexity index is 606. The van der Waals surface area contributed by atoms with Crippen LogP contribution in [0.4, 0.5) is 0 Å². The van der Waals surface area contributed by atoms with Crippen LogP contribution < -0.4 is 0 Å². The summed E-state index contributed by atoms with van der Waals surface area (Å²) < 4.78 is 5.57. The maximum atomic E-state index is 12.1. The lowest BCUT2D eigenvalue weighted by Crippen LogP contribution is -2.06. The van der Waals surface area contributed by atoms with Gasteiger partial charge in [0.05, 0.1) is 12.4 Å². The minimum Gasteiger partial charge on any atom is -0.479 e. The van der Waals surface area contributed by atoms with Gasteiger partial charge in [-0.05, 0) is 30.3 Å². The molecule has 0 saturated carbocycles. The van der Waals surface area contributed by atoms with Crippen molar-refractivity contribution in [2.24, 2.45) is 0 Å². The number of carbonyl (C=O) groups is 1. The fourth-order valence-electron chi connectivity index (χ4n) is 1.85. The zero-order valence-corrected chi connectivity index (χ0v) is 13.4. The monoisotopic (exact) mass is 316 g/mol. The third kappa shape index (κ3) is 4.69. The van der Waals surface area contributed by atoms with Crippen LogP contribution in [-0.2, 0) is 4.74 Å². The van der Waals surface area contributed by atoms with Gasteiger partial charge in [-0.25, -0.2) is 0 Å². The molecule has 0 spiro atoms. The van der Waals surface area contributed by atoms with Crippen LogP contribution in [0.1, 0.15) is 17.3 Å². The first kappa shape index (κ1) is 15.7. The van der Waals surface area contributed by atoms with Crippen LogP contribution in [0.2, 0.25) is 0 Å². The standard InChI is InChI=1S/C17H16O2S2/c1-2-19-17(20)21-12-16(18)15-10-8-14(9-11-15)13-6-4-3-5-7-13/h3-11H,2,12H2,1H3. The Labute approximate surface area is 134 Å². The minimum absolute atomic E-state index is 0.0571. The summed E-state index contributed by atoms with van der Waals surface area (Å²) in [5.74, 6) is 0.366. The zero-order chi connectivity index (χ0) is 15.1. The predicted octanol–water partition coefficient (Wildman–Crippen LogP) is 4.59. The Kier molecular flexibility index (Phi) is 5.96. The van der Waals surface area contributed by atoms with Crippen molar-refractivity contribution in [1.29, 1.82) is 0 Å². The van der Waals surface area contributed by atoms with E-state index in [1.165, 1.54) is 11.8 Å². The first-order valence-corrected chi connectivity index (χ1v) is 8.08. The van der Waals surface area contributed by atoms with Crippen molar-refractivity contribution in [2.75, 3.05) is 12.4 Å². The molecule has 0 aliphatic carbocycles. The molecule has 108 valence electrons. The Morgan fingerprint density at radius 1 is 1.05 bits per heavy atom. The molecule has 0 amide bonds. The van der Waals surface area contributed by atoms with Crippen molar-refractivity contribution in [3.63, 3.8) is 0 Å². The van der Waals surface area contributed by atoms with Gasteiger partial charge >= 0.3 is 0 Å². The van der Waals surface area contributed by atoms with Gasteiger partial charge in [-0.1, -0.05) is 66.4 Å². The highest BCUT2D eigenvalue weighted by Gasteiger charge is 2.08. The second kappa shape index (κ2) is 7.96. The molecule has 2 aromatic rings. The van der Waals surface area contributed by atoms with Gasteiger partial charge in [-0.3, -0.25) is 4.79 Å². The summed E-state index contributed by atoms with van der Waals surface area (Å²) in [5.41, 5.74) is 2.94. The fraction of sp³-hybridized carbons (Fsp3) is 0.176. The summed E-state index contributed by atoms with van der Waals surface area (Å²) >= 11 is 6.26. The van der Waals surface area contributed by atoms with E-state index < -0.39 is 0 Å². The highest BCUT2D eigenvalue weighted by molar-refractivity contribution is 8.23. The van der Waals surface area contributed by atoms with Crippen molar-refractivity contribution in [2.45, 2.75) is 6.92 Å². The smallest absolute Gasteiger partial charge is 0.220 e. The number of ketones is 1. The number of hydrogen-bond donors (Lipinski definition) is 0. The number of benzene rings is 2. The number of Topliss-reactive ketones (excluding diaryl/α,β-unsaturated/α-hetero) is 1. The molecular weight excluding hydrogens is 300 g/mol. The lowest BCUT2D eigenvalue weighted by Gasteiger charge is -2.05. The van der Waals surface area contributed by atoms with E-state index in [1.807, 2.05) is 61.5 Å². The normalized spacial score (nSPS) is 10.1. The zero-order valence-electron chi connectivity index (χ0n) is 11.7. The highest BCUT2D eigenvalue weighted by Crippen LogP contribution is 2.20. The van der Waals surface area contributed by atoms with E-state index in [-0.39, 0.29) is 5.78 Å². The molecule has 0 heterocycles. The van der Waals surface area contributed by atoms with Crippen molar-refractivity contribution < 1.29 is 9.53 Å². The quantitative estimate of drug-likeness (QED) is 0.595. The van der Waals surface area contributed by atoms with Crippen molar-refractivity contribution in [1.82, 2.24) is 0 Å². The van der Waals surface area contributed by atoms with Gasteiger partial charge in [0.2, 0.25) is 4.38 Å². The molecule has 0 radical (unpaired) electrons. The van der Waals surface area contributed by atoms with E-state index in [4.69, 9.17) is 17.0 Å². The molecule has 0 N–H and O–H groups in total. The minimum atomic E-state index is 0.0571. The average Bonchev–Trinajstić information content (AvgIpc) is 2.54. The number of carbonyl (C=O) groups excluding carboxylic acids is 1. The number of thioether (sulfide) groups is 1. The van der Waals surface area contributed by atoms with Crippen molar-refractivity contribution in [3.8, 4) is 11.1 Å².